The van der Waals surface area contributed by atoms with Gasteiger partial charge < -0.3 is 14.6 Å². The lowest BCUT2D eigenvalue weighted by Gasteiger charge is -2.31. The maximum absolute atomic E-state index is 12.7. The second kappa shape index (κ2) is 9.09. The molecule has 1 aliphatic rings. The molecule has 2 heterocycles. The zero-order valence-corrected chi connectivity index (χ0v) is 17.3. The van der Waals surface area contributed by atoms with E-state index in [0.717, 1.165) is 36.4 Å². The number of nitrogens with one attached hydrogen (secondary N) is 1. The van der Waals surface area contributed by atoms with Gasteiger partial charge in [0.1, 0.15) is 5.75 Å². The van der Waals surface area contributed by atoms with Crippen molar-refractivity contribution < 1.29 is 14.1 Å². The molecule has 1 amide bonds. The van der Waals surface area contributed by atoms with Crippen molar-refractivity contribution in [3.63, 3.8) is 0 Å². The van der Waals surface area contributed by atoms with Gasteiger partial charge in [-0.15, -0.1) is 0 Å². The van der Waals surface area contributed by atoms with E-state index in [1.807, 2.05) is 55.5 Å². The highest BCUT2D eigenvalue weighted by atomic mass is 16.5. The Hall–Kier alpha value is -3.19. The van der Waals surface area contributed by atoms with Crippen LogP contribution >= 0.6 is 0 Å². The van der Waals surface area contributed by atoms with Gasteiger partial charge in [0.2, 0.25) is 5.91 Å². The number of nitrogens with zero attached hydrogens (tertiary/aromatic N) is 3. The van der Waals surface area contributed by atoms with E-state index in [1.54, 1.807) is 7.11 Å². The minimum absolute atomic E-state index is 0.0401. The summed E-state index contributed by atoms with van der Waals surface area (Å²) < 4.78 is 10.6. The molecule has 0 bridgehead atoms. The average molecular weight is 406 g/mol. The van der Waals surface area contributed by atoms with Gasteiger partial charge in [-0.1, -0.05) is 22.9 Å². The third-order valence-corrected chi connectivity index (χ3v) is 5.37. The zero-order chi connectivity index (χ0) is 20.9. The maximum atomic E-state index is 12.7. The number of aromatic nitrogens is 2. The Kier molecular flexibility index (Phi) is 6.09. The molecule has 1 aromatic heterocycles. The van der Waals surface area contributed by atoms with E-state index in [4.69, 9.17) is 9.26 Å². The molecule has 0 aliphatic carbocycles. The van der Waals surface area contributed by atoms with Gasteiger partial charge in [-0.25, -0.2) is 0 Å². The second-order valence-electron chi connectivity index (χ2n) is 7.67. The largest absolute Gasteiger partial charge is 0.497 e. The molecule has 7 nitrogen and oxygen atoms in total. The first-order valence-electron chi connectivity index (χ1n) is 10.2. The van der Waals surface area contributed by atoms with E-state index in [9.17, 15) is 4.79 Å². The number of carbonyl (C=O) groups is 1. The van der Waals surface area contributed by atoms with E-state index in [2.05, 4.69) is 20.4 Å². The van der Waals surface area contributed by atoms with Gasteiger partial charge in [-0.3, -0.25) is 9.69 Å². The van der Waals surface area contributed by atoms with E-state index in [-0.39, 0.29) is 11.8 Å². The van der Waals surface area contributed by atoms with Crippen LogP contribution in [0.25, 0.3) is 11.5 Å². The molecule has 0 unspecified atom stereocenters. The maximum Gasteiger partial charge on any atom is 0.257 e. The lowest BCUT2D eigenvalue weighted by atomic mass is 9.97. The molecule has 1 aliphatic heterocycles. The van der Waals surface area contributed by atoms with Crippen molar-refractivity contribution in [2.24, 2.45) is 5.92 Å². The number of rotatable bonds is 6. The molecule has 1 fully saturated rings. The van der Waals surface area contributed by atoms with Gasteiger partial charge in [0.25, 0.3) is 5.89 Å². The highest BCUT2D eigenvalue weighted by Crippen LogP contribution is 2.22. The number of anilines is 1. The third-order valence-electron chi connectivity index (χ3n) is 5.37. The molecule has 7 heteroatoms. The standard InChI is InChI=1S/C23H26N4O3/c1-16-5-7-17(8-6-16)23-25-21(26-30-23)15-27-13-3-4-18(14-27)22(28)24-19-9-11-20(29-2)12-10-19/h5-12,18H,3-4,13-15H2,1-2H3,(H,24,28)/t18-/m1/s1. The molecule has 1 N–H and O–H groups in total. The van der Waals surface area contributed by atoms with Crippen LogP contribution in [0.1, 0.15) is 24.2 Å². The van der Waals surface area contributed by atoms with Crippen LogP contribution in [0, 0.1) is 12.8 Å². The first kappa shape index (κ1) is 20.1. The number of piperidine rings is 1. The summed E-state index contributed by atoms with van der Waals surface area (Å²) in [6.45, 7) is 4.21. The first-order valence-corrected chi connectivity index (χ1v) is 10.2. The van der Waals surface area contributed by atoms with Gasteiger partial charge in [-0.05, 0) is 62.7 Å². The summed E-state index contributed by atoms with van der Waals surface area (Å²) in [5, 5.41) is 7.13. The Balaban J connectivity index is 1.34. The van der Waals surface area contributed by atoms with Crippen LogP contribution in [-0.2, 0) is 11.3 Å². The van der Waals surface area contributed by atoms with Gasteiger partial charge in [0.05, 0.1) is 19.6 Å². The summed E-state index contributed by atoms with van der Waals surface area (Å²) in [4.78, 5) is 19.5. The van der Waals surface area contributed by atoms with Crippen LogP contribution in [-0.4, -0.2) is 41.1 Å². The predicted molar refractivity (Wildman–Crippen MR) is 114 cm³/mol. The van der Waals surface area contributed by atoms with Crippen LogP contribution in [0.2, 0.25) is 0 Å². The Bertz CT molecular complexity index is 982. The van der Waals surface area contributed by atoms with Gasteiger partial charge in [-0.2, -0.15) is 4.98 Å². The Labute approximate surface area is 176 Å². The van der Waals surface area contributed by atoms with Gasteiger partial charge in [0, 0.05) is 17.8 Å². The summed E-state index contributed by atoms with van der Waals surface area (Å²) in [5.41, 5.74) is 2.87. The quantitative estimate of drug-likeness (QED) is 0.669. The van der Waals surface area contributed by atoms with Crippen molar-refractivity contribution in [1.82, 2.24) is 15.0 Å². The van der Waals surface area contributed by atoms with Crippen LogP contribution in [0.3, 0.4) is 0 Å². The third kappa shape index (κ3) is 4.86. The fourth-order valence-electron chi connectivity index (χ4n) is 3.66. The highest BCUT2D eigenvalue weighted by molar-refractivity contribution is 5.92. The van der Waals surface area contributed by atoms with Crippen LogP contribution in [0.4, 0.5) is 5.69 Å². The molecule has 4 rings (SSSR count). The SMILES string of the molecule is COc1ccc(NC(=O)[C@@H]2CCCN(Cc3noc(-c4ccc(C)cc4)n3)C2)cc1. The van der Waals surface area contributed by atoms with Gasteiger partial charge >= 0.3 is 0 Å². The summed E-state index contributed by atoms with van der Waals surface area (Å²) in [5.74, 6) is 1.90. The zero-order valence-electron chi connectivity index (χ0n) is 17.3. The fourth-order valence-corrected chi connectivity index (χ4v) is 3.66. The first-order chi connectivity index (χ1) is 14.6. The Morgan fingerprint density at radius 3 is 2.70 bits per heavy atom. The van der Waals surface area contributed by atoms with Crippen LogP contribution < -0.4 is 10.1 Å². The highest BCUT2D eigenvalue weighted by Gasteiger charge is 2.27. The number of hydrogen-bond acceptors (Lipinski definition) is 6. The number of benzene rings is 2. The van der Waals surface area contributed by atoms with Crippen LogP contribution in [0.15, 0.2) is 53.1 Å². The minimum atomic E-state index is -0.0654. The lowest BCUT2D eigenvalue weighted by Crippen LogP contribution is -2.40. The average Bonchev–Trinajstić information content (AvgIpc) is 3.23. The van der Waals surface area contributed by atoms with E-state index < -0.39 is 0 Å². The molecular formula is C23H26N4O3. The number of methoxy groups -OCH3 is 1. The van der Waals surface area contributed by atoms with Crippen molar-refractivity contribution in [1.29, 1.82) is 0 Å². The van der Waals surface area contributed by atoms with Crippen molar-refractivity contribution in [2.45, 2.75) is 26.3 Å². The number of hydrogen-bond donors (Lipinski definition) is 1. The second-order valence-corrected chi connectivity index (χ2v) is 7.67. The van der Waals surface area contributed by atoms with E-state index >= 15 is 0 Å². The molecule has 30 heavy (non-hydrogen) atoms. The van der Waals surface area contributed by atoms with Crippen LogP contribution in [0.5, 0.6) is 5.75 Å². The monoisotopic (exact) mass is 406 g/mol. The van der Waals surface area contributed by atoms with Gasteiger partial charge in [0.15, 0.2) is 5.82 Å². The number of ether oxygens (including phenoxy) is 1. The smallest absolute Gasteiger partial charge is 0.257 e. The van der Waals surface area contributed by atoms with Crippen molar-refractivity contribution >= 4 is 11.6 Å². The lowest BCUT2D eigenvalue weighted by molar-refractivity contribution is -0.121. The molecule has 1 atom stereocenters. The number of amides is 1. The normalized spacial score (nSPS) is 16.9. The fraction of sp³-hybridized carbons (Fsp3) is 0.348. The molecule has 3 aromatic rings. The Morgan fingerprint density at radius 2 is 1.97 bits per heavy atom. The molecule has 2 aromatic carbocycles. The molecule has 0 saturated carbocycles. The van der Waals surface area contributed by atoms with Crippen molar-refractivity contribution in [3.8, 4) is 17.2 Å². The van der Waals surface area contributed by atoms with Crippen molar-refractivity contribution in [2.75, 3.05) is 25.5 Å². The molecular weight excluding hydrogens is 380 g/mol. The van der Waals surface area contributed by atoms with Crippen molar-refractivity contribution in [3.05, 3.63) is 59.9 Å². The number of likely N-dealkylation sites (tertiary alicyclic amines) is 1. The van der Waals surface area contributed by atoms with E-state index in [0.29, 0.717) is 24.8 Å². The summed E-state index contributed by atoms with van der Waals surface area (Å²) in [6, 6.07) is 15.4. The summed E-state index contributed by atoms with van der Waals surface area (Å²) in [6.07, 6.45) is 1.84. The predicted octanol–water partition coefficient (Wildman–Crippen LogP) is 3.90. The molecule has 156 valence electrons. The number of carbonyl (C=O) groups excluding carboxylic acids is 1. The summed E-state index contributed by atoms with van der Waals surface area (Å²) >= 11 is 0. The van der Waals surface area contributed by atoms with E-state index in [1.165, 1.54) is 5.56 Å². The molecule has 1 saturated heterocycles. The molecule has 0 radical (unpaired) electrons. The summed E-state index contributed by atoms with van der Waals surface area (Å²) in [7, 11) is 1.62. The topological polar surface area (TPSA) is 80.5 Å². The Morgan fingerprint density at radius 1 is 1.20 bits per heavy atom. The number of aryl methyl sites for hydroxylation is 1. The molecule has 0 spiro atoms. The minimum Gasteiger partial charge on any atom is -0.497 e.